The Morgan fingerprint density at radius 1 is 0.963 bits per heavy atom. The third-order valence-corrected chi connectivity index (χ3v) is 4.38. The van der Waals surface area contributed by atoms with Crippen molar-refractivity contribution in [1.29, 1.82) is 0 Å². The summed E-state index contributed by atoms with van der Waals surface area (Å²) in [4.78, 5) is 23.4. The maximum atomic E-state index is 12.2. The molecule has 0 radical (unpaired) electrons. The molecule has 1 amide bonds. The van der Waals surface area contributed by atoms with Crippen LogP contribution in [0.5, 0.6) is 11.5 Å². The van der Waals surface area contributed by atoms with Crippen molar-refractivity contribution in [2.24, 2.45) is 0 Å². The zero-order valence-electron chi connectivity index (χ0n) is 14.7. The van der Waals surface area contributed by atoms with Gasteiger partial charge in [0.15, 0.2) is 11.5 Å². The van der Waals surface area contributed by atoms with Gasteiger partial charge in [0.05, 0.1) is 0 Å². The summed E-state index contributed by atoms with van der Waals surface area (Å²) < 4.78 is 16.2. The lowest BCUT2D eigenvalue weighted by atomic mass is 10.1. The highest BCUT2D eigenvalue weighted by molar-refractivity contribution is 5.93. The number of nitrogens with one attached hydrogen (secondary N) is 1. The standard InChI is InChI=1S/C21H19NO5/c23-20(22-16-6-8-17-15(13-16)5-9-21(24)27-17)3-1-2-14-4-7-18-19(12-14)26-11-10-25-18/h4-9,12-13H,1-3,10-11H2,(H,22,23). The average molecular weight is 365 g/mol. The van der Waals surface area contributed by atoms with E-state index >= 15 is 0 Å². The number of carbonyl (C=O) groups is 1. The molecule has 3 aromatic rings. The molecular formula is C21H19NO5. The molecular weight excluding hydrogens is 346 g/mol. The van der Waals surface area contributed by atoms with Crippen molar-refractivity contribution >= 4 is 22.6 Å². The van der Waals surface area contributed by atoms with Gasteiger partial charge in [0.1, 0.15) is 18.8 Å². The molecule has 138 valence electrons. The summed E-state index contributed by atoms with van der Waals surface area (Å²) in [7, 11) is 0. The first kappa shape index (κ1) is 17.1. The van der Waals surface area contributed by atoms with Gasteiger partial charge in [-0.25, -0.2) is 4.79 Å². The van der Waals surface area contributed by atoms with Crippen molar-refractivity contribution in [1.82, 2.24) is 0 Å². The van der Waals surface area contributed by atoms with Crippen LogP contribution in [0.1, 0.15) is 18.4 Å². The second-order valence-electron chi connectivity index (χ2n) is 6.39. The van der Waals surface area contributed by atoms with E-state index in [0.29, 0.717) is 30.9 Å². The molecule has 0 fully saturated rings. The zero-order chi connectivity index (χ0) is 18.6. The normalized spacial score (nSPS) is 12.7. The molecule has 1 aliphatic heterocycles. The fourth-order valence-corrected chi connectivity index (χ4v) is 3.07. The van der Waals surface area contributed by atoms with Crippen LogP contribution in [0.25, 0.3) is 11.0 Å². The highest BCUT2D eigenvalue weighted by Gasteiger charge is 2.12. The van der Waals surface area contributed by atoms with Gasteiger partial charge >= 0.3 is 5.63 Å². The number of benzene rings is 2. The quantitative estimate of drug-likeness (QED) is 0.700. The van der Waals surface area contributed by atoms with Gasteiger partial charge in [0, 0.05) is 23.6 Å². The second kappa shape index (κ2) is 7.53. The first-order valence-electron chi connectivity index (χ1n) is 8.90. The molecule has 0 aliphatic carbocycles. The lowest BCUT2D eigenvalue weighted by molar-refractivity contribution is -0.116. The van der Waals surface area contributed by atoms with Crippen LogP contribution in [-0.2, 0) is 11.2 Å². The van der Waals surface area contributed by atoms with E-state index in [0.717, 1.165) is 35.3 Å². The number of amides is 1. The Kier molecular flexibility index (Phi) is 4.78. The van der Waals surface area contributed by atoms with Gasteiger partial charge in [-0.15, -0.1) is 0 Å². The number of fused-ring (bicyclic) bond motifs is 2. The number of aryl methyl sites for hydroxylation is 1. The first-order chi connectivity index (χ1) is 13.2. The van der Waals surface area contributed by atoms with Crippen LogP contribution in [0.3, 0.4) is 0 Å². The van der Waals surface area contributed by atoms with Crippen LogP contribution in [-0.4, -0.2) is 19.1 Å². The fourth-order valence-electron chi connectivity index (χ4n) is 3.07. The predicted octanol–water partition coefficient (Wildman–Crippen LogP) is 3.53. The van der Waals surface area contributed by atoms with Crippen LogP contribution < -0.4 is 20.4 Å². The minimum Gasteiger partial charge on any atom is -0.486 e. The van der Waals surface area contributed by atoms with Crippen LogP contribution in [0.15, 0.2) is 57.7 Å². The minimum absolute atomic E-state index is 0.0516. The number of hydrogen-bond acceptors (Lipinski definition) is 5. The largest absolute Gasteiger partial charge is 0.486 e. The molecule has 6 heteroatoms. The first-order valence-corrected chi connectivity index (χ1v) is 8.90. The van der Waals surface area contributed by atoms with E-state index in [9.17, 15) is 9.59 Å². The van der Waals surface area contributed by atoms with Gasteiger partial charge in [-0.1, -0.05) is 6.07 Å². The van der Waals surface area contributed by atoms with E-state index in [1.54, 1.807) is 24.3 Å². The van der Waals surface area contributed by atoms with E-state index in [1.165, 1.54) is 6.07 Å². The summed E-state index contributed by atoms with van der Waals surface area (Å²) in [6, 6.07) is 14.1. The fraction of sp³-hybridized carbons (Fsp3) is 0.238. The zero-order valence-corrected chi connectivity index (χ0v) is 14.7. The summed E-state index contributed by atoms with van der Waals surface area (Å²) in [5.74, 6) is 1.49. The summed E-state index contributed by atoms with van der Waals surface area (Å²) in [5, 5.41) is 3.65. The van der Waals surface area contributed by atoms with Crippen molar-refractivity contribution < 1.29 is 18.7 Å². The van der Waals surface area contributed by atoms with Crippen molar-refractivity contribution in [3.8, 4) is 11.5 Å². The molecule has 0 atom stereocenters. The molecule has 2 heterocycles. The van der Waals surface area contributed by atoms with Crippen LogP contribution in [0.2, 0.25) is 0 Å². The molecule has 1 N–H and O–H groups in total. The Balaban J connectivity index is 1.32. The van der Waals surface area contributed by atoms with Gasteiger partial charge in [0.25, 0.3) is 0 Å². The molecule has 1 aromatic heterocycles. The molecule has 6 nitrogen and oxygen atoms in total. The maximum Gasteiger partial charge on any atom is 0.336 e. The molecule has 0 saturated carbocycles. The Morgan fingerprint density at radius 3 is 2.70 bits per heavy atom. The molecule has 0 unspecified atom stereocenters. The summed E-state index contributed by atoms with van der Waals surface area (Å²) in [6.45, 7) is 1.14. The van der Waals surface area contributed by atoms with E-state index in [1.807, 2.05) is 18.2 Å². The van der Waals surface area contributed by atoms with Crippen LogP contribution >= 0.6 is 0 Å². The van der Waals surface area contributed by atoms with Crippen molar-refractivity contribution in [2.75, 3.05) is 18.5 Å². The minimum atomic E-state index is -0.390. The van der Waals surface area contributed by atoms with Crippen LogP contribution in [0.4, 0.5) is 5.69 Å². The lowest BCUT2D eigenvalue weighted by Gasteiger charge is -2.18. The molecule has 4 rings (SSSR count). The highest BCUT2D eigenvalue weighted by atomic mass is 16.6. The maximum absolute atomic E-state index is 12.2. The Bertz CT molecular complexity index is 1040. The highest BCUT2D eigenvalue weighted by Crippen LogP contribution is 2.31. The van der Waals surface area contributed by atoms with Gasteiger partial charge in [-0.2, -0.15) is 0 Å². The van der Waals surface area contributed by atoms with Gasteiger partial charge < -0.3 is 19.2 Å². The number of ether oxygens (including phenoxy) is 2. The summed E-state index contributed by atoms with van der Waals surface area (Å²) in [5.41, 5.74) is 1.91. The van der Waals surface area contributed by atoms with Crippen molar-refractivity contribution in [3.05, 3.63) is 64.5 Å². The Labute approximate surface area is 155 Å². The lowest BCUT2D eigenvalue weighted by Crippen LogP contribution is -2.15. The van der Waals surface area contributed by atoms with Gasteiger partial charge in [-0.3, -0.25) is 4.79 Å². The van der Waals surface area contributed by atoms with E-state index in [2.05, 4.69) is 5.32 Å². The summed E-state index contributed by atoms with van der Waals surface area (Å²) in [6.07, 6.45) is 1.93. The molecule has 1 aliphatic rings. The molecule has 0 saturated heterocycles. The summed E-state index contributed by atoms with van der Waals surface area (Å²) >= 11 is 0. The Morgan fingerprint density at radius 2 is 1.81 bits per heavy atom. The van der Waals surface area contributed by atoms with Crippen molar-refractivity contribution in [3.63, 3.8) is 0 Å². The predicted molar refractivity (Wildman–Crippen MR) is 101 cm³/mol. The number of carbonyl (C=O) groups excluding carboxylic acids is 1. The molecule has 27 heavy (non-hydrogen) atoms. The van der Waals surface area contributed by atoms with Crippen molar-refractivity contribution in [2.45, 2.75) is 19.3 Å². The second-order valence-corrected chi connectivity index (χ2v) is 6.39. The molecule has 0 spiro atoms. The number of rotatable bonds is 5. The third-order valence-electron chi connectivity index (χ3n) is 4.38. The van der Waals surface area contributed by atoms with E-state index in [4.69, 9.17) is 13.9 Å². The topological polar surface area (TPSA) is 77.8 Å². The molecule has 2 aromatic carbocycles. The monoisotopic (exact) mass is 365 g/mol. The SMILES string of the molecule is O=C(CCCc1ccc2c(c1)OCCO2)Nc1ccc2oc(=O)ccc2c1. The molecule has 0 bridgehead atoms. The van der Waals surface area contributed by atoms with Gasteiger partial charge in [-0.05, 0) is 54.8 Å². The Hall–Kier alpha value is -3.28. The van der Waals surface area contributed by atoms with Crippen LogP contribution in [0, 0.1) is 0 Å². The van der Waals surface area contributed by atoms with E-state index < -0.39 is 5.63 Å². The number of anilines is 1. The van der Waals surface area contributed by atoms with Gasteiger partial charge in [0.2, 0.25) is 5.91 Å². The average Bonchev–Trinajstić information content (AvgIpc) is 2.68. The number of hydrogen-bond donors (Lipinski definition) is 1. The van der Waals surface area contributed by atoms with E-state index in [-0.39, 0.29) is 5.91 Å². The smallest absolute Gasteiger partial charge is 0.336 e. The third kappa shape index (κ3) is 4.11.